The third-order valence-corrected chi connectivity index (χ3v) is 3.42. The van der Waals surface area contributed by atoms with Crippen LogP contribution in [0.5, 0.6) is 5.75 Å². The van der Waals surface area contributed by atoms with Crippen LogP contribution in [0.2, 0.25) is 0 Å². The quantitative estimate of drug-likeness (QED) is 0.439. The molecule has 0 saturated heterocycles. The van der Waals surface area contributed by atoms with E-state index in [-0.39, 0.29) is 18.8 Å². The third kappa shape index (κ3) is 6.50. The standard InChI is InChI=1S/C17H23F3O2/c1-2-3-4-5-6-7-12-22-16-9-8-14(10-11-21)13-15(16)17(18,19)20/h8-9,11,13H,2-7,10,12H2,1H3. The summed E-state index contributed by atoms with van der Waals surface area (Å²) >= 11 is 0. The SMILES string of the molecule is CCCCCCCCOc1ccc(CC=O)cc1C(F)(F)F. The molecule has 22 heavy (non-hydrogen) atoms. The zero-order valence-electron chi connectivity index (χ0n) is 12.9. The fourth-order valence-electron chi connectivity index (χ4n) is 2.21. The first-order chi connectivity index (χ1) is 10.5. The van der Waals surface area contributed by atoms with Gasteiger partial charge in [0.1, 0.15) is 12.0 Å². The molecule has 0 bridgehead atoms. The molecule has 0 amide bonds. The predicted molar refractivity (Wildman–Crippen MR) is 80.1 cm³/mol. The summed E-state index contributed by atoms with van der Waals surface area (Å²) in [4.78, 5) is 10.4. The van der Waals surface area contributed by atoms with Crippen molar-refractivity contribution in [2.24, 2.45) is 0 Å². The number of halogens is 3. The van der Waals surface area contributed by atoms with E-state index in [0.717, 1.165) is 31.7 Å². The molecule has 124 valence electrons. The van der Waals surface area contributed by atoms with Crippen LogP contribution in [0.25, 0.3) is 0 Å². The van der Waals surface area contributed by atoms with Crippen LogP contribution >= 0.6 is 0 Å². The van der Waals surface area contributed by atoms with Gasteiger partial charge in [0.05, 0.1) is 12.2 Å². The molecule has 0 N–H and O–H groups in total. The van der Waals surface area contributed by atoms with Crippen LogP contribution in [0.3, 0.4) is 0 Å². The Hall–Kier alpha value is -1.52. The third-order valence-electron chi connectivity index (χ3n) is 3.42. The van der Waals surface area contributed by atoms with Crippen molar-refractivity contribution in [3.63, 3.8) is 0 Å². The van der Waals surface area contributed by atoms with Crippen molar-refractivity contribution in [3.8, 4) is 5.75 Å². The Morgan fingerprint density at radius 3 is 2.41 bits per heavy atom. The Kier molecular flexibility index (Phi) is 7.99. The minimum Gasteiger partial charge on any atom is -0.493 e. The van der Waals surface area contributed by atoms with Crippen LogP contribution in [-0.2, 0) is 17.4 Å². The van der Waals surface area contributed by atoms with Crippen molar-refractivity contribution in [1.29, 1.82) is 0 Å². The molecule has 0 spiro atoms. The second-order valence-corrected chi connectivity index (χ2v) is 5.32. The number of carbonyl (C=O) groups excluding carboxylic acids is 1. The van der Waals surface area contributed by atoms with Gasteiger partial charge in [-0.25, -0.2) is 0 Å². The van der Waals surface area contributed by atoms with Gasteiger partial charge in [-0.15, -0.1) is 0 Å². The Bertz CT molecular complexity index is 456. The molecule has 1 rings (SSSR count). The highest BCUT2D eigenvalue weighted by molar-refractivity contribution is 5.56. The maximum absolute atomic E-state index is 13.0. The molecule has 1 aromatic rings. The highest BCUT2D eigenvalue weighted by atomic mass is 19.4. The summed E-state index contributed by atoms with van der Waals surface area (Å²) in [7, 11) is 0. The largest absolute Gasteiger partial charge is 0.493 e. The van der Waals surface area contributed by atoms with E-state index in [1.54, 1.807) is 0 Å². The average molecular weight is 316 g/mol. The second-order valence-electron chi connectivity index (χ2n) is 5.32. The van der Waals surface area contributed by atoms with Crippen LogP contribution in [0.15, 0.2) is 18.2 Å². The number of carbonyl (C=O) groups is 1. The van der Waals surface area contributed by atoms with Gasteiger partial charge in [-0.3, -0.25) is 0 Å². The molecule has 0 unspecified atom stereocenters. The van der Waals surface area contributed by atoms with Crippen molar-refractivity contribution >= 4 is 6.29 Å². The maximum Gasteiger partial charge on any atom is 0.419 e. The zero-order chi connectivity index (χ0) is 16.4. The minimum absolute atomic E-state index is 0.0270. The maximum atomic E-state index is 13.0. The number of ether oxygens (including phenoxy) is 1. The van der Waals surface area contributed by atoms with E-state index in [9.17, 15) is 18.0 Å². The van der Waals surface area contributed by atoms with Crippen molar-refractivity contribution in [2.45, 2.75) is 58.0 Å². The summed E-state index contributed by atoms with van der Waals surface area (Å²) in [6, 6.07) is 3.80. The molecular formula is C17H23F3O2. The fraction of sp³-hybridized carbons (Fsp3) is 0.588. The Labute approximate surface area is 129 Å². The molecule has 1 aromatic carbocycles. The number of benzene rings is 1. The van der Waals surface area contributed by atoms with Gasteiger partial charge in [0, 0.05) is 6.42 Å². The van der Waals surface area contributed by atoms with Crippen LogP contribution in [0.1, 0.15) is 56.6 Å². The van der Waals surface area contributed by atoms with Crippen molar-refractivity contribution in [3.05, 3.63) is 29.3 Å². The van der Waals surface area contributed by atoms with Crippen LogP contribution in [-0.4, -0.2) is 12.9 Å². The molecule has 0 saturated carbocycles. The number of hydrogen-bond acceptors (Lipinski definition) is 2. The summed E-state index contributed by atoms with van der Waals surface area (Å²) in [5.74, 6) is -0.157. The van der Waals surface area contributed by atoms with Gasteiger partial charge in [0.25, 0.3) is 0 Å². The van der Waals surface area contributed by atoms with E-state index < -0.39 is 11.7 Å². The van der Waals surface area contributed by atoms with Gasteiger partial charge >= 0.3 is 6.18 Å². The molecule has 0 heterocycles. The van der Waals surface area contributed by atoms with Crippen LogP contribution < -0.4 is 4.74 Å². The first kappa shape index (κ1) is 18.5. The highest BCUT2D eigenvalue weighted by Crippen LogP contribution is 2.37. The lowest BCUT2D eigenvalue weighted by Gasteiger charge is -2.15. The highest BCUT2D eigenvalue weighted by Gasteiger charge is 2.34. The molecule has 0 aliphatic heterocycles. The van der Waals surface area contributed by atoms with Gasteiger partial charge in [-0.1, -0.05) is 45.1 Å². The molecule has 0 atom stereocenters. The Morgan fingerprint density at radius 1 is 1.09 bits per heavy atom. The summed E-state index contributed by atoms with van der Waals surface area (Å²) in [5, 5.41) is 0. The topological polar surface area (TPSA) is 26.3 Å². The fourth-order valence-corrected chi connectivity index (χ4v) is 2.21. The second kappa shape index (κ2) is 9.49. The molecule has 0 aromatic heterocycles. The number of aldehydes is 1. The molecule has 0 aliphatic carbocycles. The Balaban J connectivity index is 2.56. The van der Waals surface area contributed by atoms with Crippen molar-refractivity contribution in [2.75, 3.05) is 6.61 Å². The van der Waals surface area contributed by atoms with Crippen molar-refractivity contribution < 1.29 is 22.7 Å². The summed E-state index contributed by atoms with van der Waals surface area (Å²) in [5.41, 5.74) is -0.466. The summed E-state index contributed by atoms with van der Waals surface area (Å²) in [6.45, 7) is 2.41. The monoisotopic (exact) mass is 316 g/mol. The lowest BCUT2D eigenvalue weighted by molar-refractivity contribution is -0.139. The van der Waals surface area contributed by atoms with Crippen molar-refractivity contribution in [1.82, 2.24) is 0 Å². The molecule has 0 radical (unpaired) electrons. The van der Waals surface area contributed by atoms with E-state index in [1.807, 2.05) is 0 Å². The molecule has 5 heteroatoms. The van der Waals surface area contributed by atoms with Crippen LogP contribution in [0.4, 0.5) is 13.2 Å². The number of rotatable bonds is 10. The molecule has 0 fully saturated rings. The smallest absolute Gasteiger partial charge is 0.419 e. The predicted octanol–water partition coefficient (Wildman–Crippen LogP) is 5.19. The van der Waals surface area contributed by atoms with E-state index >= 15 is 0 Å². The lowest BCUT2D eigenvalue weighted by Crippen LogP contribution is -2.10. The number of hydrogen-bond donors (Lipinski definition) is 0. The minimum atomic E-state index is -4.48. The van der Waals surface area contributed by atoms with Gasteiger partial charge in [0.2, 0.25) is 0 Å². The van der Waals surface area contributed by atoms with Crippen LogP contribution in [0, 0.1) is 0 Å². The zero-order valence-corrected chi connectivity index (χ0v) is 12.9. The summed E-state index contributed by atoms with van der Waals surface area (Å²) < 4.78 is 44.3. The normalized spacial score (nSPS) is 11.5. The number of unbranched alkanes of at least 4 members (excludes halogenated alkanes) is 5. The van der Waals surface area contributed by atoms with Gasteiger partial charge in [0.15, 0.2) is 0 Å². The molecule has 2 nitrogen and oxygen atoms in total. The van der Waals surface area contributed by atoms with Gasteiger partial charge in [-0.2, -0.15) is 13.2 Å². The molecule has 0 aliphatic rings. The van der Waals surface area contributed by atoms with E-state index in [4.69, 9.17) is 4.74 Å². The van der Waals surface area contributed by atoms with Gasteiger partial charge in [-0.05, 0) is 24.1 Å². The first-order valence-corrected chi connectivity index (χ1v) is 7.75. The van der Waals surface area contributed by atoms with Gasteiger partial charge < -0.3 is 9.53 Å². The first-order valence-electron chi connectivity index (χ1n) is 7.75. The Morgan fingerprint density at radius 2 is 1.77 bits per heavy atom. The average Bonchev–Trinajstić information content (AvgIpc) is 2.46. The van der Waals surface area contributed by atoms with E-state index in [2.05, 4.69) is 6.92 Å². The molecular weight excluding hydrogens is 293 g/mol. The summed E-state index contributed by atoms with van der Waals surface area (Å²) in [6.07, 6.45) is 2.40. The number of alkyl halides is 3. The van der Waals surface area contributed by atoms with E-state index in [0.29, 0.717) is 11.8 Å². The lowest BCUT2D eigenvalue weighted by atomic mass is 10.1. The van der Waals surface area contributed by atoms with E-state index in [1.165, 1.54) is 25.0 Å².